The van der Waals surface area contributed by atoms with Gasteiger partial charge in [0.15, 0.2) is 11.7 Å². The van der Waals surface area contributed by atoms with Gasteiger partial charge in [-0.3, -0.25) is 9.59 Å². The van der Waals surface area contributed by atoms with E-state index in [4.69, 9.17) is 0 Å². The fraction of sp³-hybridized carbons (Fsp3) is 0.0588. The number of carbonyl (C=O) groups excluding carboxylic acids is 1. The second-order valence-electron chi connectivity index (χ2n) is 4.89. The molecule has 0 unspecified atom stereocenters. The van der Waals surface area contributed by atoms with E-state index in [0.717, 1.165) is 11.1 Å². The van der Waals surface area contributed by atoms with Crippen LogP contribution < -0.4 is 5.43 Å². The maximum absolute atomic E-state index is 14.2. The molecule has 0 aliphatic heterocycles. The number of pyridine rings is 1. The summed E-state index contributed by atoms with van der Waals surface area (Å²) < 4.78 is 14.2. The number of aromatic nitrogens is 1. The first-order valence-corrected chi connectivity index (χ1v) is 6.48. The van der Waals surface area contributed by atoms with Crippen LogP contribution in [0.2, 0.25) is 0 Å². The summed E-state index contributed by atoms with van der Waals surface area (Å²) >= 11 is 0. The van der Waals surface area contributed by atoms with Gasteiger partial charge in [0, 0.05) is 11.6 Å². The number of fused-ring (bicyclic) bond motifs is 1. The van der Waals surface area contributed by atoms with Crippen molar-refractivity contribution in [1.29, 1.82) is 0 Å². The third-order valence-electron chi connectivity index (χ3n) is 3.55. The third-order valence-corrected chi connectivity index (χ3v) is 3.55. The molecule has 0 saturated carbocycles. The molecule has 0 aliphatic rings. The van der Waals surface area contributed by atoms with Gasteiger partial charge >= 0.3 is 0 Å². The fourth-order valence-corrected chi connectivity index (χ4v) is 2.44. The van der Waals surface area contributed by atoms with Crippen LogP contribution in [0.25, 0.3) is 22.0 Å². The number of nitrogens with one attached hydrogen (secondary N) is 1. The lowest BCUT2D eigenvalue weighted by molar-refractivity contribution is 0.112. The van der Waals surface area contributed by atoms with Crippen molar-refractivity contribution in [2.24, 2.45) is 0 Å². The van der Waals surface area contributed by atoms with Crippen molar-refractivity contribution in [3.63, 3.8) is 0 Å². The van der Waals surface area contributed by atoms with Crippen LogP contribution in [-0.2, 0) is 0 Å². The Morgan fingerprint density at radius 3 is 2.67 bits per heavy atom. The van der Waals surface area contributed by atoms with Gasteiger partial charge in [0.25, 0.3) is 0 Å². The molecule has 1 aromatic heterocycles. The average molecular weight is 281 g/mol. The highest BCUT2D eigenvalue weighted by molar-refractivity contribution is 5.89. The summed E-state index contributed by atoms with van der Waals surface area (Å²) in [6.45, 7) is 1.92. The lowest BCUT2D eigenvalue weighted by Gasteiger charge is -2.08. The largest absolute Gasteiger partial charge is 0.358 e. The van der Waals surface area contributed by atoms with Crippen molar-refractivity contribution in [1.82, 2.24) is 4.98 Å². The lowest BCUT2D eigenvalue weighted by atomic mass is 9.98. The van der Waals surface area contributed by atoms with E-state index in [1.54, 1.807) is 6.07 Å². The van der Waals surface area contributed by atoms with E-state index in [2.05, 4.69) is 4.98 Å². The summed E-state index contributed by atoms with van der Waals surface area (Å²) in [6.07, 6.45) is 1.70. The molecule has 3 rings (SSSR count). The van der Waals surface area contributed by atoms with Crippen LogP contribution in [0.5, 0.6) is 0 Å². The minimum Gasteiger partial charge on any atom is -0.358 e. The van der Waals surface area contributed by atoms with E-state index in [1.165, 1.54) is 12.3 Å². The summed E-state index contributed by atoms with van der Waals surface area (Å²) in [5.41, 5.74) is 2.10. The molecule has 0 amide bonds. The summed E-state index contributed by atoms with van der Waals surface area (Å²) in [5.74, 6) is -0.514. The molecule has 0 atom stereocenters. The fourth-order valence-electron chi connectivity index (χ4n) is 2.44. The Labute approximate surface area is 120 Å². The predicted molar refractivity (Wildman–Crippen MR) is 80.1 cm³/mol. The number of aryl methyl sites for hydroxylation is 1. The van der Waals surface area contributed by atoms with E-state index < -0.39 is 11.2 Å². The summed E-state index contributed by atoms with van der Waals surface area (Å²) in [4.78, 5) is 25.7. The highest BCUT2D eigenvalue weighted by Crippen LogP contribution is 2.27. The molecule has 2 aromatic carbocycles. The van der Waals surface area contributed by atoms with Crippen LogP contribution in [0.1, 0.15) is 15.9 Å². The van der Waals surface area contributed by atoms with Crippen LogP contribution in [0.15, 0.2) is 47.4 Å². The highest BCUT2D eigenvalue weighted by atomic mass is 19.1. The van der Waals surface area contributed by atoms with Gasteiger partial charge in [0.1, 0.15) is 5.82 Å². The first-order chi connectivity index (χ1) is 10.1. The number of aldehydes is 1. The Kier molecular flexibility index (Phi) is 3.14. The number of rotatable bonds is 2. The Bertz CT molecular complexity index is 912. The molecular formula is C17H12FNO2. The van der Waals surface area contributed by atoms with E-state index in [1.807, 2.05) is 31.2 Å². The second-order valence-corrected chi connectivity index (χ2v) is 4.89. The van der Waals surface area contributed by atoms with Crippen molar-refractivity contribution in [2.75, 3.05) is 0 Å². The van der Waals surface area contributed by atoms with E-state index in [-0.39, 0.29) is 16.5 Å². The van der Waals surface area contributed by atoms with Crippen molar-refractivity contribution in [2.45, 2.75) is 6.92 Å². The van der Waals surface area contributed by atoms with Gasteiger partial charge in [-0.2, -0.15) is 0 Å². The van der Waals surface area contributed by atoms with Crippen LogP contribution >= 0.6 is 0 Å². The molecule has 4 heteroatoms. The van der Waals surface area contributed by atoms with Gasteiger partial charge in [0.2, 0.25) is 0 Å². The number of H-pyrrole nitrogens is 1. The zero-order valence-electron chi connectivity index (χ0n) is 11.3. The van der Waals surface area contributed by atoms with Gasteiger partial charge in [-0.1, -0.05) is 24.3 Å². The minimum atomic E-state index is -0.514. The topological polar surface area (TPSA) is 49.9 Å². The van der Waals surface area contributed by atoms with Crippen molar-refractivity contribution in [3.05, 3.63) is 69.8 Å². The Hall–Kier alpha value is -2.75. The molecular weight excluding hydrogens is 269 g/mol. The Balaban J connectivity index is 2.37. The molecule has 0 saturated heterocycles. The summed E-state index contributed by atoms with van der Waals surface area (Å²) in [7, 11) is 0. The normalized spacial score (nSPS) is 10.8. The standard InChI is InChI=1S/C17H12FNO2/c1-10-4-2-3-5-13(10)11-6-14-16(15(18)7-11)19-8-12(9-20)17(14)21/h2-9H,1H3,(H,19,21). The van der Waals surface area contributed by atoms with Gasteiger partial charge in [0.05, 0.1) is 11.1 Å². The van der Waals surface area contributed by atoms with Crippen molar-refractivity contribution in [3.8, 4) is 11.1 Å². The smallest absolute Gasteiger partial charge is 0.200 e. The first-order valence-electron chi connectivity index (χ1n) is 6.48. The minimum absolute atomic E-state index is 0.0103. The summed E-state index contributed by atoms with van der Waals surface area (Å²) in [5, 5.41) is 0.179. The van der Waals surface area contributed by atoms with Gasteiger partial charge < -0.3 is 4.98 Å². The SMILES string of the molecule is Cc1ccccc1-c1cc(F)c2[nH]cc(C=O)c(=O)c2c1. The number of benzene rings is 2. The molecule has 0 fully saturated rings. The Morgan fingerprint density at radius 2 is 1.95 bits per heavy atom. The molecule has 0 bridgehead atoms. The number of carbonyl (C=O) groups is 1. The Morgan fingerprint density at radius 1 is 1.19 bits per heavy atom. The van der Waals surface area contributed by atoms with Crippen LogP contribution in [0, 0.1) is 12.7 Å². The van der Waals surface area contributed by atoms with E-state index in [9.17, 15) is 14.0 Å². The molecule has 21 heavy (non-hydrogen) atoms. The average Bonchev–Trinajstić information content (AvgIpc) is 2.48. The summed E-state index contributed by atoms with van der Waals surface area (Å²) in [6, 6.07) is 10.6. The molecule has 1 heterocycles. The van der Waals surface area contributed by atoms with Gasteiger partial charge in [-0.15, -0.1) is 0 Å². The maximum Gasteiger partial charge on any atom is 0.200 e. The van der Waals surface area contributed by atoms with Crippen LogP contribution in [-0.4, -0.2) is 11.3 Å². The molecule has 0 aliphatic carbocycles. The van der Waals surface area contributed by atoms with Crippen molar-refractivity contribution < 1.29 is 9.18 Å². The predicted octanol–water partition coefficient (Wildman–Crippen LogP) is 3.46. The van der Waals surface area contributed by atoms with E-state index >= 15 is 0 Å². The number of halogens is 1. The molecule has 104 valence electrons. The molecule has 0 spiro atoms. The molecule has 3 nitrogen and oxygen atoms in total. The number of hydrogen-bond donors (Lipinski definition) is 1. The number of hydrogen-bond acceptors (Lipinski definition) is 2. The molecule has 3 aromatic rings. The monoisotopic (exact) mass is 281 g/mol. The molecule has 1 N–H and O–H groups in total. The van der Waals surface area contributed by atoms with Crippen LogP contribution in [0.4, 0.5) is 4.39 Å². The van der Waals surface area contributed by atoms with E-state index in [0.29, 0.717) is 11.8 Å². The zero-order chi connectivity index (χ0) is 15.0. The maximum atomic E-state index is 14.2. The lowest BCUT2D eigenvalue weighted by Crippen LogP contribution is -2.10. The van der Waals surface area contributed by atoms with Gasteiger partial charge in [-0.25, -0.2) is 4.39 Å². The van der Waals surface area contributed by atoms with Crippen LogP contribution in [0.3, 0.4) is 0 Å². The molecule has 0 radical (unpaired) electrons. The number of aromatic amines is 1. The second kappa shape index (κ2) is 4.98. The highest BCUT2D eigenvalue weighted by Gasteiger charge is 2.12. The van der Waals surface area contributed by atoms with Crippen molar-refractivity contribution >= 4 is 17.2 Å². The van der Waals surface area contributed by atoms with Gasteiger partial charge in [-0.05, 0) is 35.7 Å². The quantitative estimate of drug-likeness (QED) is 0.731. The zero-order valence-corrected chi connectivity index (χ0v) is 11.3. The third kappa shape index (κ3) is 2.14. The first kappa shape index (κ1) is 13.2.